The Kier molecular flexibility index (Phi) is 8.81. The standard InChI is InChI=1S/C29H32N4O6/c1-19(34)38-26(27(39-20(2)35)29(37)33-17-23-8-3-4-9-24(23)18-33)28(36)31-16-21-11-13-32(14-12-21)25-10-6-5-7-22(25)15-30/h3-10,21,26-27H,11-14,16-18H2,1-2H3,(H,31,36)/t26-,27-/m1/s1. The molecule has 10 nitrogen and oxygen atoms in total. The molecule has 10 heteroatoms. The largest absolute Gasteiger partial charge is 0.448 e. The van der Waals surface area contributed by atoms with E-state index in [1.54, 1.807) is 6.07 Å². The zero-order valence-electron chi connectivity index (χ0n) is 22.1. The quantitative estimate of drug-likeness (QED) is 0.513. The molecule has 1 saturated heterocycles. The third-order valence-electron chi connectivity index (χ3n) is 7.06. The molecule has 0 spiro atoms. The number of ether oxygens (including phenoxy) is 2. The van der Waals surface area contributed by atoms with Gasteiger partial charge in [-0.15, -0.1) is 0 Å². The summed E-state index contributed by atoms with van der Waals surface area (Å²) >= 11 is 0. The lowest BCUT2D eigenvalue weighted by Crippen LogP contribution is -2.54. The van der Waals surface area contributed by atoms with Crippen LogP contribution in [0.2, 0.25) is 0 Å². The molecule has 39 heavy (non-hydrogen) atoms. The summed E-state index contributed by atoms with van der Waals surface area (Å²) in [5.41, 5.74) is 3.44. The average molecular weight is 533 g/mol. The normalized spacial score (nSPS) is 16.4. The van der Waals surface area contributed by atoms with Crippen molar-refractivity contribution in [1.29, 1.82) is 5.26 Å². The highest BCUT2D eigenvalue weighted by Gasteiger charge is 2.42. The fourth-order valence-electron chi connectivity index (χ4n) is 5.09. The minimum absolute atomic E-state index is 0.147. The Labute approximate surface area is 227 Å². The molecule has 0 bridgehead atoms. The van der Waals surface area contributed by atoms with E-state index in [2.05, 4.69) is 16.3 Å². The first-order chi connectivity index (χ1) is 18.8. The number of carbonyl (C=O) groups excluding carboxylic acids is 4. The van der Waals surface area contributed by atoms with E-state index in [-0.39, 0.29) is 5.92 Å². The maximum Gasteiger partial charge on any atom is 0.303 e. The molecule has 0 aliphatic carbocycles. The summed E-state index contributed by atoms with van der Waals surface area (Å²) in [6, 6.07) is 17.2. The molecular weight excluding hydrogens is 500 g/mol. The zero-order chi connectivity index (χ0) is 27.9. The maximum atomic E-state index is 13.5. The van der Waals surface area contributed by atoms with Gasteiger partial charge in [-0.1, -0.05) is 36.4 Å². The van der Waals surface area contributed by atoms with Gasteiger partial charge in [0.25, 0.3) is 11.8 Å². The monoisotopic (exact) mass is 532 g/mol. The van der Waals surface area contributed by atoms with Gasteiger partial charge in [0.1, 0.15) is 6.07 Å². The Morgan fingerprint density at radius 2 is 1.49 bits per heavy atom. The van der Waals surface area contributed by atoms with E-state index in [0.29, 0.717) is 25.2 Å². The molecule has 2 aliphatic rings. The smallest absolute Gasteiger partial charge is 0.303 e. The molecule has 2 aromatic carbocycles. The van der Waals surface area contributed by atoms with Crippen molar-refractivity contribution < 1.29 is 28.7 Å². The predicted molar refractivity (Wildman–Crippen MR) is 141 cm³/mol. The van der Waals surface area contributed by atoms with Crippen molar-refractivity contribution >= 4 is 29.4 Å². The first-order valence-corrected chi connectivity index (χ1v) is 13.0. The molecule has 4 rings (SSSR count). The fraction of sp³-hybridized carbons (Fsp3) is 0.414. The molecule has 2 amide bonds. The van der Waals surface area contributed by atoms with Gasteiger partial charge in [-0.3, -0.25) is 19.2 Å². The number of carbonyl (C=O) groups is 4. The van der Waals surface area contributed by atoms with Gasteiger partial charge in [0, 0.05) is 46.6 Å². The van der Waals surface area contributed by atoms with Gasteiger partial charge in [-0.05, 0) is 42.0 Å². The van der Waals surface area contributed by atoms with E-state index in [0.717, 1.165) is 56.6 Å². The van der Waals surface area contributed by atoms with Crippen LogP contribution in [0.15, 0.2) is 48.5 Å². The van der Waals surface area contributed by atoms with Crippen molar-refractivity contribution in [3.8, 4) is 6.07 Å². The van der Waals surface area contributed by atoms with Crippen LogP contribution in [0.3, 0.4) is 0 Å². The van der Waals surface area contributed by atoms with Crippen molar-refractivity contribution in [1.82, 2.24) is 10.2 Å². The van der Waals surface area contributed by atoms with E-state index in [9.17, 15) is 24.4 Å². The summed E-state index contributed by atoms with van der Waals surface area (Å²) in [5.74, 6) is -2.69. The number of hydrogen-bond acceptors (Lipinski definition) is 8. The minimum Gasteiger partial charge on any atom is -0.448 e. The number of nitrogens with zero attached hydrogens (tertiary/aromatic N) is 3. The van der Waals surface area contributed by atoms with Gasteiger partial charge in [-0.2, -0.15) is 5.26 Å². The van der Waals surface area contributed by atoms with Crippen molar-refractivity contribution in [3.05, 3.63) is 65.2 Å². The van der Waals surface area contributed by atoms with Crippen LogP contribution in [0.1, 0.15) is 43.4 Å². The first kappa shape index (κ1) is 27.6. The second-order valence-corrected chi connectivity index (χ2v) is 9.83. The summed E-state index contributed by atoms with van der Waals surface area (Å²) in [7, 11) is 0. The summed E-state index contributed by atoms with van der Waals surface area (Å²) in [6.07, 6.45) is -1.68. The number of rotatable bonds is 8. The van der Waals surface area contributed by atoms with Crippen molar-refractivity contribution in [2.75, 3.05) is 24.5 Å². The molecule has 204 valence electrons. The van der Waals surface area contributed by atoms with E-state index in [1.807, 2.05) is 42.5 Å². The van der Waals surface area contributed by atoms with Crippen LogP contribution in [-0.4, -0.2) is 60.5 Å². The number of piperidine rings is 1. The molecule has 2 heterocycles. The molecule has 1 fully saturated rings. The SMILES string of the molecule is CC(=O)O[C@@H](C(=O)NCC1CCN(c2ccccc2C#N)CC1)[C@@H](OC(C)=O)C(=O)N1Cc2ccccc2C1. The molecule has 2 atom stereocenters. The molecule has 0 saturated carbocycles. The minimum atomic E-state index is -1.62. The second-order valence-electron chi connectivity index (χ2n) is 9.83. The lowest BCUT2D eigenvalue weighted by atomic mass is 9.95. The van der Waals surface area contributed by atoms with Crippen molar-refractivity contribution in [2.24, 2.45) is 5.92 Å². The Bertz CT molecular complexity index is 1260. The zero-order valence-corrected chi connectivity index (χ0v) is 22.1. The number of benzene rings is 2. The second kappa shape index (κ2) is 12.4. The van der Waals surface area contributed by atoms with Crippen LogP contribution < -0.4 is 10.2 Å². The lowest BCUT2D eigenvalue weighted by Gasteiger charge is -2.34. The highest BCUT2D eigenvalue weighted by molar-refractivity contribution is 5.93. The Hall–Kier alpha value is -4.39. The number of anilines is 1. The number of para-hydroxylation sites is 1. The highest BCUT2D eigenvalue weighted by Crippen LogP contribution is 2.27. The van der Waals surface area contributed by atoms with Crippen LogP contribution in [0.25, 0.3) is 0 Å². The predicted octanol–water partition coefficient (Wildman–Crippen LogP) is 2.30. The van der Waals surface area contributed by atoms with Crippen LogP contribution in [0.4, 0.5) is 5.69 Å². The molecule has 1 N–H and O–H groups in total. The van der Waals surface area contributed by atoms with E-state index in [4.69, 9.17) is 9.47 Å². The third kappa shape index (κ3) is 6.74. The maximum absolute atomic E-state index is 13.5. The number of hydrogen-bond donors (Lipinski definition) is 1. The number of amides is 2. The van der Waals surface area contributed by atoms with Crippen molar-refractivity contribution in [3.63, 3.8) is 0 Å². The fourth-order valence-corrected chi connectivity index (χ4v) is 5.09. The van der Waals surface area contributed by atoms with Gasteiger partial charge in [-0.25, -0.2) is 0 Å². The van der Waals surface area contributed by atoms with Gasteiger partial charge in [0.15, 0.2) is 0 Å². The number of nitrogens with one attached hydrogen (secondary N) is 1. The van der Waals surface area contributed by atoms with Crippen LogP contribution >= 0.6 is 0 Å². The number of fused-ring (bicyclic) bond motifs is 1. The molecule has 0 radical (unpaired) electrons. The van der Waals surface area contributed by atoms with Gasteiger partial charge in [0.05, 0.1) is 11.3 Å². The van der Waals surface area contributed by atoms with E-state index >= 15 is 0 Å². The molecular formula is C29H32N4O6. The first-order valence-electron chi connectivity index (χ1n) is 13.0. The summed E-state index contributed by atoms with van der Waals surface area (Å²) < 4.78 is 10.5. The molecule has 2 aromatic rings. The topological polar surface area (TPSA) is 129 Å². The van der Waals surface area contributed by atoms with E-state index in [1.165, 1.54) is 4.90 Å². The highest BCUT2D eigenvalue weighted by atomic mass is 16.6. The number of esters is 2. The third-order valence-corrected chi connectivity index (χ3v) is 7.06. The Morgan fingerprint density at radius 1 is 0.923 bits per heavy atom. The molecule has 0 aromatic heterocycles. The molecule has 0 unspecified atom stereocenters. The van der Waals surface area contributed by atoms with E-state index < -0.39 is 36.0 Å². The Morgan fingerprint density at radius 3 is 2.08 bits per heavy atom. The van der Waals surface area contributed by atoms with Crippen molar-refractivity contribution in [2.45, 2.75) is 52.0 Å². The summed E-state index contributed by atoms with van der Waals surface area (Å²) in [4.78, 5) is 54.2. The molecule has 2 aliphatic heterocycles. The average Bonchev–Trinajstić information content (AvgIpc) is 3.37. The lowest BCUT2D eigenvalue weighted by molar-refractivity contribution is -0.178. The van der Waals surface area contributed by atoms with Crippen LogP contribution in [0.5, 0.6) is 0 Å². The Balaban J connectivity index is 1.40. The van der Waals surface area contributed by atoms with Gasteiger partial charge >= 0.3 is 11.9 Å². The van der Waals surface area contributed by atoms with Crippen LogP contribution in [0, 0.1) is 17.2 Å². The van der Waals surface area contributed by atoms with Gasteiger partial charge < -0.3 is 24.6 Å². The summed E-state index contributed by atoms with van der Waals surface area (Å²) in [6.45, 7) is 4.62. The number of nitriles is 1. The van der Waals surface area contributed by atoms with Gasteiger partial charge in [0.2, 0.25) is 12.2 Å². The summed E-state index contributed by atoms with van der Waals surface area (Å²) in [5, 5.41) is 12.2. The van der Waals surface area contributed by atoms with Crippen LogP contribution in [-0.2, 0) is 41.7 Å².